The molecule has 0 bridgehead atoms. The van der Waals surface area contributed by atoms with Gasteiger partial charge in [-0.15, -0.1) is 0 Å². The number of hydrogen-bond acceptors (Lipinski definition) is 3. The summed E-state index contributed by atoms with van der Waals surface area (Å²) in [5, 5.41) is 24.9. The first kappa shape index (κ1) is 13.1. The fourth-order valence-corrected chi connectivity index (χ4v) is 3.06. The highest BCUT2D eigenvalue weighted by atomic mass is 16.4. The second-order valence-corrected chi connectivity index (χ2v) is 5.62. The third-order valence-corrected chi connectivity index (χ3v) is 4.13. The van der Waals surface area contributed by atoms with Crippen molar-refractivity contribution in [3.05, 3.63) is 30.0 Å². The molecule has 3 rings (SSSR count). The van der Waals surface area contributed by atoms with Gasteiger partial charge < -0.3 is 10.2 Å². The van der Waals surface area contributed by atoms with Gasteiger partial charge in [0.15, 0.2) is 0 Å². The van der Waals surface area contributed by atoms with E-state index >= 15 is 0 Å². The molecule has 1 aromatic carbocycles. The number of carbonyl (C=O) groups is 1. The van der Waals surface area contributed by atoms with E-state index in [0.717, 1.165) is 23.1 Å². The number of aliphatic hydroxyl groups is 1. The van der Waals surface area contributed by atoms with Crippen LogP contribution >= 0.6 is 0 Å². The summed E-state index contributed by atoms with van der Waals surface area (Å²) in [5.74, 6) is -1.24. The van der Waals surface area contributed by atoms with Crippen molar-refractivity contribution < 1.29 is 15.0 Å². The molecule has 20 heavy (non-hydrogen) atoms. The SMILES string of the molecule is CCn1nc(CC2(O)CC(C(=O)O)C2)c2ccccc21. The Kier molecular flexibility index (Phi) is 3.01. The van der Waals surface area contributed by atoms with Crippen LogP contribution in [0.1, 0.15) is 25.5 Å². The summed E-state index contributed by atoms with van der Waals surface area (Å²) in [4.78, 5) is 10.9. The fraction of sp³-hybridized carbons (Fsp3) is 0.467. The number of para-hydroxylation sites is 1. The smallest absolute Gasteiger partial charge is 0.306 e. The quantitative estimate of drug-likeness (QED) is 0.891. The van der Waals surface area contributed by atoms with E-state index in [0.29, 0.717) is 19.3 Å². The molecule has 0 amide bonds. The van der Waals surface area contributed by atoms with E-state index in [2.05, 4.69) is 5.10 Å². The monoisotopic (exact) mass is 274 g/mol. The highest BCUT2D eigenvalue weighted by molar-refractivity contribution is 5.82. The highest BCUT2D eigenvalue weighted by Gasteiger charge is 2.46. The minimum atomic E-state index is -0.918. The van der Waals surface area contributed by atoms with Crippen LogP contribution in [0.4, 0.5) is 0 Å². The Balaban J connectivity index is 1.87. The van der Waals surface area contributed by atoms with Gasteiger partial charge in [0.25, 0.3) is 0 Å². The van der Waals surface area contributed by atoms with Crippen LogP contribution < -0.4 is 0 Å². The predicted octanol–water partition coefficient (Wildman–Crippen LogP) is 1.82. The molecule has 0 atom stereocenters. The Morgan fingerprint density at radius 1 is 1.45 bits per heavy atom. The normalized spacial score (nSPS) is 25.6. The first-order chi connectivity index (χ1) is 9.52. The Labute approximate surface area is 116 Å². The molecule has 2 aromatic rings. The third kappa shape index (κ3) is 2.08. The summed E-state index contributed by atoms with van der Waals surface area (Å²) < 4.78 is 1.92. The lowest BCUT2D eigenvalue weighted by Gasteiger charge is -2.41. The van der Waals surface area contributed by atoms with E-state index in [1.807, 2.05) is 35.9 Å². The molecule has 5 heteroatoms. The van der Waals surface area contributed by atoms with Gasteiger partial charge in [0.1, 0.15) is 0 Å². The molecule has 1 aliphatic carbocycles. The van der Waals surface area contributed by atoms with Crippen LogP contribution in [-0.2, 0) is 17.8 Å². The van der Waals surface area contributed by atoms with Crippen LogP contribution in [0.25, 0.3) is 10.9 Å². The van der Waals surface area contributed by atoms with Crippen LogP contribution in [0, 0.1) is 5.92 Å². The highest BCUT2D eigenvalue weighted by Crippen LogP contribution is 2.41. The van der Waals surface area contributed by atoms with Gasteiger partial charge in [-0.3, -0.25) is 9.48 Å². The van der Waals surface area contributed by atoms with Gasteiger partial charge in [0, 0.05) is 18.4 Å². The average molecular weight is 274 g/mol. The van der Waals surface area contributed by atoms with Crippen molar-refractivity contribution >= 4 is 16.9 Å². The number of nitrogens with zero attached hydrogens (tertiary/aromatic N) is 2. The molecule has 1 saturated carbocycles. The topological polar surface area (TPSA) is 75.3 Å². The number of aromatic nitrogens is 2. The molecule has 106 valence electrons. The molecule has 0 saturated heterocycles. The summed E-state index contributed by atoms with van der Waals surface area (Å²) in [6, 6.07) is 7.94. The molecule has 0 aliphatic heterocycles. The number of rotatable bonds is 4. The third-order valence-electron chi connectivity index (χ3n) is 4.13. The predicted molar refractivity (Wildman–Crippen MR) is 74.4 cm³/mol. The largest absolute Gasteiger partial charge is 0.481 e. The maximum Gasteiger partial charge on any atom is 0.306 e. The number of hydrogen-bond donors (Lipinski definition) is 2. The first-order valence-corrected chi connectivity index (χ1v) is 6.92. The van der Waals surface area contributed by atoms with E-state index < -0.39 is 17.5 Å². The second-order valence-electron chi connectivity index (χ2n) is 5.62. The van der Waals surface area contributed by atoms with Crippen molar-refractivity contribution in [2.75, 3.05) is 0 Å². The van der Waals surface area contributed by atoms with Gasteiger partial charge in [0.05, 0.1) is 22.7 Å². The first-order valence-electron chi connectivity index (χ1n) is 6.92. The lowest BCUT2D eigenvalue weighted by Crippen LogP contribution is -2.48. The van der Waals surface area contributed by atoms with E-state index in [4.69, 9.17) is 5.11 Å². The van der Waals surface area contributed by atoms with Crippen molar-refractivity contribution in [2.24, 2.45) is 5.92 Å². The molecule has 5 nitrogen and oxygen atoms in total. The summed E-state index contributed by atoms with van der Waals surface area (Å²) in [5.41, 5.74) is 0.996. The maximum absolute atomic E-state index is 10.9. The lowest BCUT2D eigenvalue weighted by molar-refractivity contribution is -0.158. The summed E-state index contributed by atoms with van der Waals surface area (Å²) in [6.45, 7) is 2.80. The molecule has 2 N–H and O–H groups in total. The van der Waals surface area contributed by atoms with E-state index in [-0.39, 0.29) is 0 Å². The molecule has 0 spiro atoms. The molecule has 0 radical (unpaired) electrons. The van der Waals surface area contributed by atoms with Crippen LogP contribution in [0.5, 0.6) is 0 Å². The average Bonchev–Trinajstić information content (AvgIpc) is 2.74. The minimum Gasteiger partial charge on any atom is -0.481 e. The van der Waals surface area contributed by atoms with Crippen molar-refractivity contribution in [3.8, 4) is 0 Å². The number of benzene rings is 1. The zero-order valence-corrected chi connectivity index (χ0v) is 11.4. The van der Waals surface area contributed by atoms with Crippen LogP contribution in [0.15, 0.2) is 24.3 Å². The van der Waals surface area contributed by atoms with Crippen LogP contribution in [0.3, 0.4) is 0 Å². The lowest BCUT2D eigenvalue weighted by atomic mass is 9.68. The van der Waals surface area contributed by atoms with Gasteiger partial charge >= 0.3 is 5.97 Å². The van der Waals surface area contributed by atoms with Crippen molar-refractivity contribution in [1.29, 1.82) is 0 Å². The van der Waals surface area contributed by atoms with Gasteiger partial charge in [-0.1, -0.05) is 18.2 Å². The minimum absolute atomic E-state index is 0.315. The zero-order valence-electron chi connectivity index (χ0n) is 11.4. The van der Waals surface area contributed by atoms with Crippen LogP contribution in [-0.4, -0.2) is 31.6 Å². The molecule has 1 aromatic heterocycles. The Morgan fingerprint density at radius 3 is 2.80 bits per heavy atom. The molecular weight excluding hydrogens is 256 g/mol. The van der Waals surface area contributed by atoms with Gasteiger partial charge in [-0.2, -0.15) is 5.10 Å². The Hall–Kier alpha value is -1.88. The standard InChI is InChI=1S/C15H18N2O3/c1-2-17-13-6-4-3-5-11(13)12(16-17)9-15(20)7-10(8-15)14(18)19/h3-6,10,20H,2,7-9H2,1H3,(H,18,19). The molecule has 0 unspecified atom stereocenters. The summed E-state index contributed by atoms with van der Waals surface area (Å²) in [7, 11) is 0. The van der Waals surface area contributed by atoms with E-state index in [1.54, 1.807) is 0 Å². The molecule has 1 fully saturated rings. The molecule has 1 heterocycles. The van der Waals surface area contributed by atoms with Gasteiger partial charge in [-0.25, -0.2) is 0 Å². The van der Waals surface area contributed by atoms with E-state index in [1.165, 1.54) is 0 Å². The fourth-order valence-electron chi connectivity index (χ4n) is 3.06. The van der Waals surface area contributed by atoms with Crippen molar-refractivity contribution in [2.45, 2.75) is 38.3 Å². The molecule has 1 aliphatic rings. The van der Waals surface area contributed by atoms with Gasteiger partial charge in [0.2, 0.25) is 0 Å². The Morgan fingerprint density at radius 2 is 2.15 bits per heavy atom. The van der Waals surface area contributed by atoms with E-state index in [9.17, 15) is 9.90 Å². The van der Waals surface area contributed by atoms with Crippen molar-refractivity contribution in [3.63, 3.8) is 0 Å². The summed E-state index contributed by atoms with van der Waals surface area (Å²) in [6.07, 6.45) is 1.05. The number of carboxylic acids is 1. The number of aryl methyl sites for hydroxylation is 1. The molecular formula is C15H18N2O3. The number of fused-ring (bicyclic) bond motifs is 1. The Bertz CT molecular complexity index is 656. The van der Waals surface area contributed by atoms with Crippen molar-refractivity contribution in [1.82, 2.24) is 9.78 Å². The van der Waals surface area contributed by atoms with Gasteiger partial charge in [-0.05, 0) is 25.8 Å². The van der Waals surface area contributed by atoms with Crippen LogP contribution in [0.2, 0.25) is 0 Å². The second kappa shape index (κ2) is 4.59. The zero-order chi connectivity index (χ0) is 14.3. The maximum atomic E-state index is 10.9. The number of aliphatic carboxylic acids is 1. The number of carboxylic acid groups (broad SMARTS) is 1. The summed E-state index contributed by atoms with van der Waals surface area (Å²) >= 11 is 0.